The Balaban J connectivity index is 2.42. The van der Waals surface area contributed by atoms with E-state index >= 15 is 0 Å². The normalized spacial score (nSPS) is 10.1. The minimum absolute atomic E-state index is 0.432. The Bertz CT molecular complexity index is 884. The van der Waals surface area contributed by atoms with Gasteiger partial charge in [0.1, 0.15) is 11.2 Å². The van der Waals surface area contributed by atoms with E-state index in [4.69, 9.17) is 15.5 Å². The summed E-state index contributed by atoms with van der Waals surface area (Å²) in [4.78, 5) is 5.52. The van der Waals surface area contributed by atoms with Crippen LogP contribution in [0.5, 0.6) is 0 Å². The fourth-order valence-electron chi connectivity index (χ4n) is 2.01. The summed E-state index contributed by atoms with van der Waals surface area (Å²) in [5.41, 5.74) is 19.1. The molecule has 0 unspecified atom stereocenters. The standard InChI is InChI=1S/C12H6N6O/c13-17-15-7-4-5-11-9(6-7)8-2-1-3-10(16-18-14)12(8)19-11/h1-6H. The average Bonchev–Trinajstić information content (AvgIpc) is 2.79. The van der Waals surface area contributed by atoms with Gasteiger partial charge in [-0.1, -0.05) is 22.4 Å². The fourth-order valence-corrected chi connectivity index (χ4v) is 2.01. The molecule has 7 heteroatoms. The summed E-state index contributed by atoms with van der Waals surface area (Å²) in [5, 5.41) is 8.78. The monoisotopic (exact) mass is 250 g/mol. The Morgan fingerprint density at radius 3 is 2.58 bits per heavy atom. The maximum Gasteiger partial charge on any atom is 0.144 e. The third-order valence-electron chi connectivity index (χ3n) is 2.77. The van der Waals surface area contributed by atoms with Crippen LogP contribution in [0.1, 0.15) is 0 Å². The highest BCUT2D eigenvalue weighted by atomic mass is 16.3. The molecular formula is C12H6N6O. The molecule has 19 heavy (non-hydrogen) atoms. The number of rotatable bonds is 2. The maximum absolute atomic E-state index is 8.53. The SMILES string of the molecule is [N-]=[N+]=Nc1ccc2oc3c(N=[N+]=[N-])cccc3c2c1. The van der Waals surface area contributed by atoms with Gasteiger partial charge in [0.2, 0.25) is 0 Å². The van der Waals surface area contributed by atoms with Crippen LogP contribution in [0.2, 0.25) is 0 Å². The molecule has 7 nitrogen and oxygen atoms in total. The Morgan fingerprint density at radius 1 is 0.947 bits per heavy atom. The van der Waals surface area contributed by atoms with Crippen molar-refractivity contribution >= 4 is 33.3 Å². The van der Waals surface area contributed by atoms with Gasteiger partial charge in [0.15, 0.2) is 0 Å². The predicted octanol–water partition coefficient (Wildman–Crippen LogP) is 5.47. The van der Waals surface area contributed by atoms with Crippen molar-refractivity contribution in [3.63, 3.8) is 0 Å². The lowest BCUT2D eigenvalue weighted by Crippen LogP contribution is -1.67. The van der Waals surface area contributed by atoms with Gasteiger partial charge < -0.3 is 4.42 Å². The highest BCUT2D eigenvalue weighted by Crippen LogP contribution is 2.36. The first-order chi connectivity index (χ1) is 9.33. The number of nitrogens with zero attached hydrogens (tertiary/aromatic N) is 6. The van der Waals surface area contributed by atoms with Crippen LogP contribution in [0.4, 0.5) is 11.4 Å². The number of hydrogen-bond acceptors (Lipinski definition) is 3. The van der Waals surface area contributed by atoms with Crippen molar-refractivity contribution in [2.45, 2.75) is 0 Å². The lowest BCUT2D eigenvalue weighted by atomic mass is 10.1. The summed E-state index contributed by atoms with van der Waals surface area (Å²) in [6.45, 7) is 0. The quantitative estimate of drug-likeness (QED) is 0.335. The van der Waals surface area contributed by atoms with Crippen LogP contribution < -0.4 is 0 Å². The molecule has 2 aromatic carbocycles. The van der Waals surface area contributed by atoms with E-state index in [9.17, 15) is 0 Å². The van der Waals surface area contributed by atoms with Gasteiger partial charge in [-0.15, -0.1) is 0 Å². The molecule has 1 heterocycles. The Kier molecular flexibility index (Phi) is 2.47. The summed E-state index contributed by atoms with van der Waals surface area (Å²) in [6.07, 6.45) is 0. The number of azide groups is 2. The molecule has 0 saturated carbocycles. The van der Waals surface area contributed by atoms with E-state index in [0.717, 1.165) is 10.8 Å². The van der Waals surface area contributed by atoms with Crippen molar-refractivity contribution in [3.05, 3.63) is 57.3 Å². The topological polar surface area (TPSA) is 111 Å². The van der Waals surface area contributed by atoms with Crippen molar-refractivity contribution in [1.29, 1.82) is 0 Å². The molecule has 0 aliphatic heterocycles. The number of para-hydroxylation sites is 1. The molecule has 0 radical (unpaired) electrons. The number of hydrogen-bond donors (Lipinski definition) is 0. The molecule has 0 amide bonds. The first-order valence-corrected chi connectivity index (χ1v) is 5.39. The van der Waals surface area contributed by atoms with Crippen LogP contribution in [-0.2, 0) is 0 Å². The lowest BCUT2D eigenvalue weighted by Gasteiger charge is -1.92. The Labute approximate surface area is 106 Å². The second-order valence-electron chi connectivity index (χ2n) is 3.82. The van der Waals surface area contributed by atoms with E-state index < -0.39 is 0 Å². The smallest absolute Gasteiger partial charge is 0.144 e. The van der Waals surface area contributed by atoms with Crippen molar-refractivity contribution < 1.29 is 4.42 Å². The predicted molar refractivity (Wildman–Crippen MR) is 71.3 cm³/mol. The van der Waals surface area contributed by atoms with Gasteiger partial charge in [0, 0.05) is 26.3 Å². The van der Waals surface area contributed by atoms with Gasteiger partial charge in [-0.2, -0.15) is 0 Å². The van der Waals surface area contributed by atoms with Crippen LogP contribution in [0, 0.1) is 0 Å². The maximum atomic E-state index is 8.53. The molecule has 0 spiro atoms. The summed E-state index contributed by atoms with van der Waals surface area (Å²) >= 11 is 0. The van der Waals surface area contributed by atoms with Crippen molar-refractivity contribution in [1.82, 2.24) is 0 Å². The summed E-state index contributed by atoms with van der Waals surface area (Å²) in [5.74, 6) is 0. The lowest BCUT2D eigenvalue weighted by molar-refractivity contribution is 0.669. The Morgan fingerprint density at radius 2 is 1.79 bits per heavy atom. The zero-order valence-corrected chi connectivity index (χ0v) is 9.56. The zero-order valence-electron chi connectivity index (χ0n) is 9.56. The van der Waals surface area contributed by atoms with Crippen LogP contribution in [-0.4, -0.2) is 0 Å². The number of furan rings is 1. The van der Waals surface area contributed by atoms with Gasteiger partial charge in [-0.25, -0.2) is 0 Å². The van der Waals surface area contributed by atoms with Crippen LogP contribution in [0.15, 0.2) is 51.0 Å². The second kappa shape index (κ2) is 4.27. The van der Waals surface area contributed by atoms with E-state index in [-0.39, 0.29) is 0 Å². The average molecular weight is 250 g/mol. The second-order valence-corrected chi connectivity index (χ2v) is 3.82. The highest BCUT2D eigenvalue weighted by molar-refractivity contribution is 6.09. The summed E-state index contributed by atoms with van der Waals surface area (Å²) in [6, 6.07) is 10.4. The fraction of sp³-hybridized carbons (Fsp3) is 0. The summed E-state index contributed by atoms with van der Waals surface area (Å²) < 4.78 is 5.67. The van der Waals surface area contributed by atoms with E-state index in [0.29, 0.717) is 22.5 Å². The minimum atomic E-state index is 0.432. The Hall–Kier alpha value is -3.14. The molecule has 0 N–H and O–H groups in total. The summed E-state index contributed by atoms with van der Waals surface area (Å²) in [7, 11) is 0. The molecule has 0 aliphatic rings. The first-order valence-electron chi connectivity index (χ1n) is 5.39. The van der Waals surface area contributed by atoms with Crippen LogP contribution >= 0.6 is 0 Å². The molecule has 0 bridgehead atoms. The van der Waals surface area contributed by atoms with E-state index in [1.807, 2.05) is 6.07 Å². The number of fused-ring (bicyclic) bond motifs is 3. The van der Waals surface area contributed by atoms with Crippen molar-refractivity contribution in [2.24, 2.45) is 10.2 Å². The third kappa shape index (κ3) is 1.71. The van der Waals surface area contributed by atoms with Crippen LogP contribution in [0.3, 0.4) is 0 Å². The molecule has 0 aliphatic carbocycles. The van der Waals surface area contributed by atoms with Gasteiger partial charge in [-0.05, 0) is 35.3 Å². The largest absolute Gasteiger partial charge is 0.456 e. The molecule has 1 aromatic heterocycles. The molecule has 0 saturated heterocycles. The molecule has 90 valence electrons. The first kappa shape index (κ1) is 11.0. The van der Waals surface area contributed by atoms with Gasteiger partial charge in [0.05, 0.1) is 5.69 Å². The number of benzene rings is 2. The van der Waals surface area contributed by atoms with E-state index in [2.05, 4.69) is 20.1 Å². The molecule has 3 rings (SSSR count). The molecule has 3 aromatic rings. The van der Waals surface area contributed by atoms with Crippen molar-refractivity contribution in [3.8, 4) is 0 Å². The molecule has 0 atom stereocenters. The molecule has 0 fully saturated rings. The van der Waals surface area contributed by atoms with E-state index in [1.165, 1.54) is 0 Å². The molecular weight excluding hydrogens is 244 g/mol. The van der Waals surface area contributed by atoms with Gasteiger partial charge in [0.25, 0.3) is 0 Å². The highest BCUT2D eigenvalue weighted by Gasteiger charge is 2.09. The van der Waals surface area contributed by atoms with Crippen molar-refractivity contribution in [2.75, 3.05) is 0 Å². The zero-order chi connectivity index (χ0) is 13.2. The van der Waals surface area contributed by atoms with Gasteiger partial charge in [-0.3, -0.25) is 0 Å². The van der Waals surface area contributed by atoms with Gasteiger partial charge >= 0.3 is 0 Å². The van der Waals surface area contributed by atoms with E-state index in [1.54, 1.807) is 30.3 Å². The minimum Gasteiger partial charge on any atom is -0.456 e. The van der Waals surface area contributed by atoms with Crippen LogP contribution in [0.25, 0.3) is 42.8 Å². The third-order valence-corrected chi connectivity index (χ3v) is 2.77.